The van der Waals surface area contributed by atoms with Crippen molar-refractivity contribution < 1.29 is 68.1 Å². The molecule has 17 nitrogen and oxygen atoms in total. The first-order chi connectivity index (χ1) is 23.8. The number of aliphatic hydroxyl groups excluding tert-OH is 3. The number of ketones is 1. The number of aliphatic hydroxyl groups is 3. The van der Waals surface area contributed by atoms with Gasteiger partial charge in [0, 0.05) is 18.8 Å². The van der Waals surface area contributed by atoms with E-state index in [1.165, 1.54) is 25.1 Å². The van der Waals surface area contributed by atoms with E-state index in [-0.39, 0.29) is 61.7 Å². The lowest BCUT2D eigenvalue weighted by Crippen LogP contribution is -2.61. The molecule has 3 amide bonds. The molecule has 0 aromatic heterocycles. The van der Waals surface area contributed by atoms with Gasteiger partial charge in [0.1, 0.15) is 48.5 Å². The number of nitrogens with one attached hydrogen (secondary N) is 3. The Morgan fingerprint density at radius 2 is 1.47 bits per heavy atom. The summed E-state index contributed by atoms with van der Waals surface area (Å²) in [7, 11) is 0. The van der Waals surface area contributed by atoms with E-state index in [1.54, 1.807) is 41.5 Å². The molecule has 1 fully saturated rings. The van der Waals surface area contributed by atoms with Crippen molar-refractivity contribution >= 4 is 41.1 Å². The molecule has 286 valence electrons. The van der Waals surface area contributed by atoms with Gasteiger partial charge in [0.05, 0.1) is 24.8 Å². The predicted molar refractivity (Wildman–Crippen MR) is 179 cm³/mol. The second-order valence-electron chi connectivity index (χ2n) is 13.2. The third-order valence-electron chi connectivity index (χ3n) is 7.84. The molecule has 2 rings (SSSR count). The highest BCUT2D eigenvalue weighted by Crippen LogP contribution is 2.31. The van der Waals surface area contributed by atoms with Crippen LogP contribution in [0.5, 0.6) is 5.75 Å². The normalized spacial score (nSPS) is 21.5. The number of hydrogen-bond acceptors (Lipinski definition) is 13. The monoisotopic (exact) mass is 725 g/mol. The van der Waals surface area contributed by atoms with Crippen LogP contribution >= 0.6 is 0 Å². The van der Waals surface area contributed by atoms with Gasteiger partial charge >= 0.3 is 11.9 Å². The lowest BCUT2D eigenvalue weighted by atomic mass is 9.99. The number of anilines is 1. The van der Waals surface area contributed by atoms with Gasteiger partial charge in [-0.3, -0.25) is 24.0 Å². The van der Waals surface area contributed by atoms with Crippen molar-refractivity contribution in [3.05, 3.63) is 23.8 Å². The summed E-state index contributed by atoms with van der Waals surface area (Å²) >= 11 is 0. The van der Waals surface area contributed by atoms with Crippen molar-refractivity contribution in [2.45, 2.75) is 111 Å². The van der Waals surface area contributed by atoms with Gasteiger partial charge in [0.2, 0.25) is 24.0 Å². The van der Waals surface area contributed by atoms with Gasteiger partial charge in [0.25, 0.3) is 0 Å². The van der Waals surface area contributed by atoms with Crippen LogP contribution in [0.4, 0.5) is 5.69 Å². The Morgan fingerprint density at radius 3 is 2.06 bits per heavy atom. The molecule has 0 unspecified atom stereocenters. The Bertz CT molecular complexity index is 1380. The maximum atomic E-state index is 13.3. The summed E-state index contributed by atoms with van der Waals surface area (Å²) in [5, 5.41) is 47.9. The molecule has 7 N–H and O–H groups in total. The van der Waals surface area contributed by atoms with Crippen LogP contribution in [0, 0.1) is 17.8 Å². The molecule has 17 heteroatoms. The van der Waals surface area contributed by atoms with Gasteiger partial charge in [-0.25, -0.2) is 4.79 Å². The topological polar surface area (TPSA) is 256 Å². The molecule has 7 atom stereocenters. The number of ether oxygens (including phenoxy) is 4. The summed E-state index contributed by atoms with van der Waals surface area (Å²) in [4.78, 5) is 74.3. The number of esters is 1. The highest BCUT2D eigenvalue weighted by Gasteiger charge is 2.48. The number of aliphatic carboxylic acids is 1. The zero-order valence-electron chi connectivity index (χ0n) is 29.9. The van der Waals surface area contributed by atoms with E-state index in [1.807, 2.05) is 0 Å². The molecule has 0 spiro atoms. The Morgan fingerprint density at radius 1 is 0.824 bits per heavy atom. The number of Topliss-reactive ketones (excluding diaryl/α,β-unsaturated/α-hetero) is 1. The van der Waals surface area contributed by atoms with E-state index in [0.29, 0.717) is 5.56 Å². The van der Waals surface area contributed by atoms with Crippen molar-refractivity contribution in [1.82, 2.24) is 10.6 Å². The minimum atomic E-state index is -1.97. The molecule has 0 saturated carbocycles. The van der Waals surface area contributed by atoms with Gasteiger partial charge in [0.15, 0.2) is 6.10 Å². The third-order valence-corrected chi connectivity index (χ3v) is 7.84. The second-order valence-corrected chi connectivity index (χ2v) is 13.2. The fraction of sp³-hybridized carbons (Fsp3) is 0.647. The number of hydrogen-bond donors (Lipinski definition) is 7. The van der Waals surface area contributed by atoms with Crippen LogP contribution in [0.25, 0.3) is 0 Å². The molecule has 1 saturated heterocycles. The minimum Gasteiger partial charge on any atom is -0.479 e. The van der Waals surface area contributed by atoms with Gasteiger partial charge in [-0.05, 0) is 30.5 Å². The Labute approximate surface area is 296 Å². The number of carboxylic acids is 1. The maximum Gasteiger partial charge on any atom is 0.335 e. The first-order valence-corrected chi connectivity index (χ1v) is 16.7. The van der Waals surface area contributed by atoms with Crippen LogP contribution in [0.15, 0.2) is 18.2 Å². The van der Waals surface area contributed by atoms with E-state index in [2.05, 4.69) is 16.0 Å². The van der Waals surface area contributed by atoms with E-state index in [9.17, 15) is 49.2 Å². The van der Waals surface area contributed by atoms with Crippen molar-refractivity contribution in [3.8, 4) is 5.75 Å². The quantitative estimate of drug-likeness (QED) is 0.0746. The Balaban J connectivity index is 2.15. The Hall–Kier alpha value is -4.16. The number of carbonyl (C=O) groups excluding carboxylic acids is 5. The molecule has 0 bridgehead atoms. The molecule has 1 heterocycles. The summed E-state index contributed by atoms with van der Waals surface area (Å²) in [5.41, 5.74) is 0.330. The fourth-order valence-corrected chi connectivity index (χ4v) is 4.57. The number of carboxylic acid groups (broad SMARTS) is 1. The lowest BCUT2D eigenvalue weighted by molar-refractivity contribution is -0.271. The number of rotatable bonds is 19. The van der Waals surface area contributed by atoms with E-state index >= 15 is 0 Å². The first-order valence-electron chi connectivity index (χ1n) is 16.7. The molecule has 0 aliphatic carbocycles. The zero-order chi connectivity index (χ0) is 38.6. The van der Waals surface area contributed by atoms with Crippen LogP contribution in [-0.4, -0.2) is 112 Å². The van der Waals surface area contributed by atoms with Crippen molar-refractivity contribution in [3.63, 3.8) is 0 Å². The molecule has 1 aliphatic heterocycles. The average molecular weight is 726 g/mol. The van der Waals surface area contributed by atoms with Crippen molar-refractivity contribution in [2.24, 2.45) is 17.8 Å². The maximum absolute atomic E-state index is 13.3. The molecule has 1 aromatic carbocycles. The minimum absolute atomic E-state index is 0.0351. The van der Waals surface area contributed by atoms with Gasteiger partial charge in [-0.1, -0.05) is 47.6 Å². The fourth-order valence-electron chi connectivity index (χ4n) is 4.57. The van der Waals surface area contributed by atoms with E-state index in [4.69, 9.17) is 18.9 Å². The van der Waals surface area contributed by atoms with Crippen LogP contribution in [-0.2, 0) is 49.6 Å². The van der Waals surface area contributed by atoms with Crippen LogP contribution in [0.1, 0.15) is 66.9 Å². The first kappa shape index (κ1) is 43.0. The highest BCUT2D eigenvalue weighted by atomic mass is 16.7. The van der Waals surface area contributed by atoms with Gasteiger partial charge in [-0.15, -0.1) is 0 Å². The summed E-state index contributed by atoms with van der Waals surface area (Å²) in [6.45, 7) is 11.7. The standard InChI is InChI=1S/C34H51N3O14/c1-16(2)22(38)10-12-48-13-11-24(39)37-25(17(3)4)31(44)35-19(7)30(43)36-21-9-8-20(15-49-33(47)18(5)6)14-23(21)50-34-28(42)26(40)27(41)29(51-34)32(45)46/h8-9,14,16-19,25-29,34,40-42H,10-13,15H2,1-7H3,(H,35,44)(H,36,43)(H,37,39)(H,45,46)/t19-,25-,26-,27-,28+,29-,34+/m0/s1. The SMILES string of the molecule is CC(C)C(=O)CCOCCC(=O)N[C@H](C(=O)N[C@@H](C)C(=O)Nc1ccc(COC(=O)C(C)C)cc1O[C@@H]1O[C@H](C(=O)O)[C@@H](O)[C@H](O)[C@H]1O)C(C)C. The largest absolute Gasteiger partial charge is 0.479 e. The second kappa shape index (κ2) is 20.0. The summed E-state index contributed by atoms with van der Waals surface area (Å²) < 4.78 is 21.5. The zero-order valence-corrected chi connectivity index (χ0v) is 29.9. The van der Waals surface area contributed by atoms with Crippen LogP contribution < -0.4 is 20.7 Å². The molecule has 1 aromatic rings. The molecule has 1 aliphatic rings. The smallest absolute Gasteiger partial charge is 0.335 e. The number of benzene rings is 1. The van der Waals surface area contributed by atoms with Gasteiger partial charge in [-0.2, -0.15) is 0 Å². The number of amides is 3. The van der Waals surface area contributed by atoms with E-state index < -0.39 is 78.4 Å². The summed E-state index contributed by atoms with van der Waals surface area (Å²) in [6, 6.07) is 2.02. The molecular weight excluding hydrogens is 674 g/mol. The lowest BCUT2D eigenvalue weighted by Gasteiger charge is -2.38. The summed E-state index contributed by atoms with van der Waals surface area (Å²) in [6.07, 6.45) is -9.45. The Kier molecular flexibility index (Phi) is 16.9. The van der Waals surface area contributed by atoms with Gasteiger partial charge < -0.3 is 55.3 Å². The highest BCUT2D eigenvalue weighted by molar-refractivity contribution is 5.99. The van der Waals surface area contributed by atoms with Crippen LogP contribution in [0.3, 0.4) is 0 Å². The van der Waals surface area contributed by atoms with Crippen molar-refractivity contribution in [2.75, 3.05) is 18.5 Å². The molecule has 51 heavy (non-hydrogen) atoms. The van der Waals surface area contributed by atoms with E-state index in [0.717, 1.165) is 0 Å². The van der Waals surface area contributed by atoms with Crippen LogP contribution in [0.2, 0.25) is 0 Å². The molecule has 0 radical (unpaired) electrons. The number of carbonyl (C=O) groups is 6. The predicted octanol–water partition coefficient (Wildman–Crippen LogP) is 0.263. The van der Waals surface area contributed by atoms with Crippen molar-refractivity contribution in [1.29, 1.82) is 0 Å². The summed E-state index contributed by atoms with van der Waals surface area (Å²) in [5.74, 6) is -5.02. The molecular formula is C34H51N3O14. The third kappa shape index (κ3) is 13.2. The average Bonchev–Trinajstić information content (AvgIpc) is 3.06.